The number of hydrogen-bond donors (Lipinski definition) is 2. The van der Waals surface area contributed by atoms with Crippen molar-refractivity contribution in [3.63, 3.8) is 0 Å². The maximum absolute atomic E-state index is 4.68. The van der Waals surface area contributed by atoms with Gasteiger partial charge in [-0.1, -0.05) is 40.5 Å². The predicted molar refractivity (Wildman–Crippen MR) is 85.3 cm³/mol. The maximum Gasteiger partial charge on any atom is 0.138 e. The lowest BCUT2D eigenvalue weighted by atomic mass is 9.95. The topological polar surface area (TPSA) is 49.8 Å². The molecule has 0 aromatic carbocycles. The van der Waals surface area contributed by atoms with Gasteiger partial charge in [-0.15, -0.1) is 0 Å². The Labute approximate surface area is 122 Å². The van der Waals surface area contributed by atoms with E-state index in [2.05, 4.69) is 48.3 Å². The van der Waals surface area contributed by atoms with Crippen LogP contribution in [0, 0.1) is 11.8 Å². The van der Waals surface area contributed by atoms with Crippen molar-refractivity contribution in [1.82, 2.24) is 9.97 Å². The predicted octanol–water partition coefficient (Wildman–Crippen LogP) is 3.66. The molecule has 4 nitrogen and oxygen atoms in total. The number of nitrogens with one attached hydrogen (secondary N) is 2. The van der Waals surface area contributed by atoms with Gasteiger partial charge in [0.15, 0.2) is 0 Å². The van der Waals surface area contributed by atoms with E-state index in [-0.39, 0.29) is 5.41 Å². The lowest BCUT2D eigenvalue weighted by molar-refractivity contribution is 0.439. The normalized spacial score (nSPS) is 22.9. The molecule has 1 aromatic heterocycles. The minimum Gasteiger partial charge on any atom is -0.373 e. The van der Waals surface area contributed by atoms with Crippen LogP contribution in [0.25, 0.3) is 0 Å². The molecular formula is C16H28N4. The van der Waals surface area contributed by atoms with Crippen molar-refractivity contribution in [2.45, 2.75) is 52.4 Å². The fourth-order valence-corrected chi connectivity index (χ4v) is 2.76. The molecule has 2 rings (SSSR count). The van der Waals surface area contributed by atoms with Gasteiger partial charge in [0.2, 0.25) is 0 Å². The number of hydrogen-bond acceptors (Lipinski definition) is 4. The highest BCUT2D eigenvalue weighted by Crippen LogP contribution is 2.31. The smallest absolute Gasteiger partial charge is 0.138 e. The molecule has 0 amide bonds. The highest BCUT2D eigenvalue weighted by atomic mass is 15.1. The molecule has 1 heterocycles. The van der Waals surface area contributed by atoms with Gasteiger partial charge in [0.1, 0.15) is 17.5 Å². The summed E-state index contributed by atoms with van der Waals surface area (Å²) in [6.45, 7) is 9.81. The minimum atomic E-state index is -0.0378. The van der Waals surface area contributed by atoms with Gasteiger partial charge in [0.05, 0.1) is 0 Å². The second-order valence-electron chi connectivity index (χ2n) is 7.01. The van der Waals surface area contributed by atoms with E-state index in [4.69, 9.17) is 0 Å². The Morgan fingerprint density at radius 2 is 1.90 bits per heavy atom. The van der Waals surface area contributed by atoms with Gasteiger partial charge in [0.25, 0.3) is 0 Å². The molecule has 2 N–H and O–H groups in total. The van der Waals surface area contributed by atoms with E-state index in [0.29, 0.717) is 0 Å². The van der Waals surface area contributed by atoms with Crippen molar-refractivity contribution in [1.29, 1.82) is 0 Å². The van der Waals surface area contributed by atoms with E-state index < -0.39 is 0 Å². The van der Waals surface area contributed by atoms with Crippen molar-refractivity contribution in [3.8, 4) is 0 Å². The molecule has 1 saturated carbocycles. The van der Waals surface area contributed by atoms with Gasteiger partial charge in [0, 0.05) is 25.1 Å². The second kappa shape index (κ2) is 5.98. The van der Waals surface area contributed by atoms with E-state index >= 15 is 0 Å². The average molecular weight is 276 g/mol. The Balaban J connectivity index is 2.10. The molecule has 0 saturated heterocycles. The van der Waals surface area contributed by atoms with E-state index in [0.717, 1.165) is 35.8 Å². The maximum atomic E-state index is 4.68. The number of anilines is 2. The third-order valence-electron chi connectivity index (χ3n) is 4.24. The quantitative estimate of drug-likeness (QED) is 0.881. The summed E-state index contributed by atoms with van der Waals surface area (Å²) in [5.74, 6) is 4.31. The lowest BCUT2D eigenvalue weighted by Gasteiger charge is -2.20. The monoisotopic (exact) mass is 276 g/mol. The molecule has 2 atom stereocenters. The molecule has 0 aliphatic heterocycles. The highest BCUT2D eigenvalue weighted by Gasteiger charge is 2.23. The molecule has 1 aliphatic rings. The zero-order valence-corrected chi connectivity index (χ0v) is 13.5. The van der Waals surface area contributed by atoms with Crippen LogP contribution in [0.5, 0.6) is 0 Å². The van der Waals surface area contributed by atoms with Crippen LogP contribution in [0.4, 0.5) is 11.6 Å². The van der Waals surface area contributed by atoms with Gasteiger partial charge in [-0.2, -0.15) is 0 Å². The van der Waals surface area contributed by atoms with Gasteiger partial charge >= 0.3 is 0 Å². The van der Waals surface area contributed by atoms with E-state index in [9.17, 15) is 0 Å². The van der Waals surface area contributed by atoms with Crippen molar-refractivity contribution in [2.24, 2.45) is 11.8 Å². The molecule has 1 aromatic rings. The Hall–Kier alpha value is -1.32. The molecule has 0 bridgehead atoms. The third kappa shape index (κ3) is 3.62. The van der Waals surface area contributed by atoms with Gasteiger partial charge < -0.3 is 10.6 Å². The molecule has 1 aliphatic carbocycles. The van der Waals surface area contributed by atoms with Crippen molar-refractivity contribution >= 4 is 11.6 Å². The molecule has 2 unspecified atom stereocenters. The zero-order chi connectivity index (χ0) is 14.8. The van der Waals surface area contributed by atoms with Crippen LogP contribution < -0.4 is 10.6 Å². The van der Waals surface area contributed by atoms with Gasteiger partial charge in [-0.05, 0) is 18.3 Å². The van der Waals surface area contributed by atoms with Crippen LogP contribution >= 0.6 is 0 Å². The molecule has 1 fully saturated rings. The summed E-state index contributed by atoms with van der Waals surface area (Å²) in [4.78, 5) is 9.23. The molecule has 0 radical (unpaired) electrons. The second-order valence-corrected chi connectivity index (χ2v) is 7.01. The summed E-state index contributed by atoms with van der Waals surface area (Å²) in [5, 5.41) is 6.64. The van der Waals surface area contributed by atoms with Crippen molar-refractivity contribution < 1.29 is 0 Å². The molecule has 0 spiro atoms. The van der Waals surface area contributed by atoms with Crippen molar-refractivity contribution in [2.75, 3.05) is 24.2 Å². The van der Waals surface area contributed by atoms with Gasteiger partial charge in [-0.3, -0.25) is 0 Å². The SMILES string of the molecule is CNc1cc(NCC2CCCC2C)nc(C(C)(C)C)n1. The van der Waals surface area contributed by atoms with Crippen LogP contribution in [0.15, 0.2) is 6.07 Å². The first-order valence-electron chi connectivity index (χ1n) is 7.71. The molecule has 112 valence electrons. The van der Waals surface area contributed by atoms with E-state index in [1.165, 1.54) is 19.3 Å². The fourth-order valence-electron chi connectivity index (χ4n) is 2.76. The summed E-state index contributed by atoms with van der Waals surface area (Å²) < 4.78 is 0. The molecule has 4 heteroatoms. The number of aromatic nitrogens is 2. The minimum absolute atomic E-state index is 0.0378. The van der Waals surface area contributed by atoms with Crippen LogP contribution in [0.1, 0.15) is 52.8 Å². The Morgan fingerprint density at radius 1 is 1.20 bits per heavy atom. The number of nitrogens with zero attached hydrogens (tertiary/aromatic N) is 2. The largest absolute Gasteiger partial charge is 0.373 e. The molecular weight excluding hydrogens is 248 g/mol. The Bertz CT molecular complexity index is 450. The van der Waals surface area contributed by atoms with Crippen LogP contribution in [0.3, 0.4) is 0 Å². The highest BCUT2D eigenvalue weighted by molar-refractivity contribution is 5.47. The summed E-state index contributed by atoms with van der Waals surface area (Å²) in [6.07, 6.45) is 4.07. The zero-order valence-electron chi connectivity index (χ0n) is 13.5. The first-order valence-corrected chi connectivity index (χ1v) is 7.71. The van der Waals surface area contributed by atoms with Crippen LogP contribution in [0.2, 0.25) is 0 Å². The van der Waals surface area contributed by atoms with Crippen molar-refractivity contribution in [3.05, 3.63) is 11.9 Å². The van der Waals surface area contributed by atoms with Crippen LogP contribution in [-0.2, 0) is 5.41 Å². The van der Waals surface area contributed by atoms with Crippen LogP contribution in [-0.4, -0.2) is 23.6 Å². The molecule has 20 heavy (non-hydrogen) atoms. The fraction of sp³-hybridized carbons (Fsp3) is 0.750. The summed E-state index contributed by atoms with van der Waals surface area (Å²) in [7, 11) is 1.90. The summed E-state index contributed by atoms with van der Waals surface area (Å²) >= 11 is 0. The number of rotatable bonds is 4. The Morgan fingerprint density at radius 3 is 2.45 bits per heavy atom. The van der Waals surface area contributed by atoms with E-state index in [1.807, 2.05) is 13.1 Å². The lowest BCUT2D eigenvalue weighted by Crippen LogP contribution is -2.21. The standard InChI is InChI=1S/C16H28N4/c1-11-7-6-8-12(11)10-18-14-9-13(17-5)19-15(20-14)16(2,3)4/h9,11-12H,6-8,10H2,1-5H3,(H2,17,18,19,20). The first kappa shape index (κ1) is 15.1. The van der Waals surface area contributed by atoms with E-state index in [1.54, 1.807) is 0 Å². The Kier molecular flexibility index (Phi) is 4.51. The summed E-state index contributed by atoms with van der Waals surface area (Å²) in [6, 6.07) is 1.99. The first-order chi connectivity index (χ1) is 9.40. The average Bonchev–Trinajstić information content (AvgIpc) is 2.80. The van der Waals surface area contributed by atoms with Gasteiger partial charge in [-0.25, -0.2) is 9.97 Å². The summed E-state index contributed by atoms with van der Waals surface area (Å²) in [5.41, 5.74) is -0.0378. The third-order valence-corrected chi connectivity index (χ3v) is 4.24.